The summed E-state index contributed by atoms with van der Waals surface area (Å²) in [5, 5.41) is 22.5. The van der Waals surface area contributed by atoms with Crippen LogP contribution >= 0.6 is 11.8 Å². The van der Waals surface area contributed by atoms with Gasteiger partial charge in [-0.2, -0.15) is 0 Å². The lowest BCUT2D eigenvalue weighted by Gasteiger charge is -2.10. The fourth-order valence-electron chi connectivity index (χ4n) is 2.87. The Morgan fingerprint density at radius 1 is 1.25 bits per heavy atom. The Hall–Kier alpha value is -3.66. The number of amides is 1. The zero-order valence-corrected chi connectivity index (χ0v) is 18.4. The van der Waals surface area contributed by atoms with Gasteiger partial charge >= 0.3 is 0 Å². The third-order valence-corrected chi connectivity index (χ3v) is 5.48. The molecule has 2 aromatic carbocycles. The SMILES string of the molecule is C=CCn1c(COc2ccc(CC)cc2)nnc1SCC(=O)Nc1ccccc1[N+](=O)[O-]. The molecule has 0 saturated heterocycles. The van der Waals surface area contributed by atoms with Crippen LogP contribution < -0.4 is 10.1 Å². The van der Waals surface area contributed by atoms with Crippen LogP contribution in [0.3, 0.4) is 0 Å². The first kappa shape index (κ1) is 23.0. The van der Waals surface area contributed by atoms with E-state index in [4.69, 9.17) is 4.74 Å². The van der Waals surface area contributed by atoms with Crippen LogP contribution in [0.2, 0.25) is 0 Å². The predicted octanol–water partition coefficient (Wildman–Crippen LogP) is 4.24. The van der Waals surface area contributed by atoms with Gasteiger partial charge in [-0.15, -0.1) is 16.8 Å². The topological polar surface area (TPSA) is 112 Å². The summed E-state index contributed by atoms with van der Waals surface area (Å²) >= 11 is 1.18. The minimum absolute atomic E-state index is 0.0145. The molecule has 0 aliphatic rings. The van der Waals surface area contributed by atoms with E-state index in [0.717, 1.165) is 12.2 Å². The molecule has 0 atom stereocenters. The Bertz CT molecular complexity index is 1100. The molecule has 0 unspecified atom stereocenters. The van der Waals surface area contributed by atoms with Gasteiger partial charge < -0.3 is 10.1 Å². The van der Waals surface area contributed by atoms with Crippen molar-refractivity contribution < 1.29 is 14.5 Å². The van der Waals surface area contributed by atoms with Crippen LogP contribution in [-0.2, 0) is 24.4 Å². The molecule has 1 heterocycles. The summed E-state index contributed by atoms with van der Waals surface area (Å²) in [4.78, 5) is 22.9. The number of nitrogens with zero attached hydrogens (tertiary/aromatic N) is 4. The molecule has 1 aromatic heterocycles. The lowest BCUT2D eigenvalue weighted by Crippen LogP contribution is -2.16. The number of nitro benzene ring substituents is 1. The number of aryl methyl sites for hydroxylation is 1. The summed E-state index contributed by atoms with van der Waals surface area (Å²) in [6, 6.07) is 13.8. The van der Waals surface area contributed by atoms with Crippen LogP contribution in [0.25, 0.3) is 0 Å². The first-order chi connectivity index (χ1) is 15.5. The van der Waals surface area contributed by atoms with Crippen molar-refractivity contribution in [2.24, 2.45) is 0 Å². The van der Waals surface area contributed by atoms with Crippen LogP contribution in [0.5, 0.6) is 5.75 Å². The molecule has 3 aromatic rings. The Morgan fingerprint density at radius 2 is 2.00 bits per heavy atom. The molecule has 166 valence electrons. The Morgan fingerprint density at radius 3 is 2.69 bits per heavy atom. The number of carbonyl (C=O) groups excluding carboxylic acids is 1. The van der Waals surface area contributed by atoms with E-state index in [2.05, 4.69) is 29.0 Å². The number of carbonyl (C=O) groups is 1. The van der Waals surface area contributed by atoms with E-state index >= 15 is 0 Å². The lowest BCUT2D eigenvalue weighted by molar-refractivity contribution is -0.383. The average molecular weight is 454 g/mol. The van der Waals surface area contributed by atoms with Gasteiger partial charge in [0.05, 0.1) is 10.7 Å². The molecule has 3 rings (SSSR count). The van der Waals surface area contributed by atoms with Crippen molar-refractivity contribution in [2.75, 3.05) is 11.1 Å². The van der Waals surface area contributed by atoms with Crippen LogP contribution in [0, 0.1) is 10.1 Å². The molecule has 1 N–H and O–H groups in total. The van der Waals surface area contributed by atoms with Gasteiger partial charge in [-0.3, -0.25) is 19.5 Å². The maximum absolute atomic E-state index is 12.3. The van der Waals surface area contributed by atoms with Crippen molar-refractivity contribution in [2.45, 2.75) is 31.7 Å². The Kier molecular flexibility index (Phi) is 7.98. The molecule has 1 amide bonds. The van der Waals surface area contributed by atoms with E-state index in [1.807, 2.05) is 28.8 Å². The highest BCUT2D eigenvalue weighted by molar-refractivity contribution is 7.99. The van der Waals surface area contributed by atoms with Gasteiger partial charge in [-0.1, -0.05) is 49.0 Å². The van der Waals surface area contributed by atoms with E-state index in [9.17, 15) is 14.9 Å². The number of hydrogen-bond acceptors (Lipinski definition) is 7. The molecule has 0 saturated carbocycles. The van der Waals surface area contributed by atoms with Crippen molar-refractivity contribution in [1.82, 2.24) is 14.8 Å². The second-order valence-electron chi connectivity index (χ2n) is 6.70. The van der Waals surface area contributed by atoms with Crippen LogP contribution in [-0.4, -0.2) is 31.3 Å². The average Bonchev–Trinajstić information content (AvgIpc) is 3.18. The number of hydrogen-bond donors (Lipinski definition) is 1. The number of ether oxygens (including phenoxy) is 1. The largest absolute Gasteiger partial charge is 0.486 e. The first-order valence-electron chi connectivity index (χ1n) is 9.92. The van der Waals surface area contributed by atoms with Crippen molar-refractivity contribution >= 4 is 29.0 Å². The number of aromatic nitrogens is 3. The molecule has 32 heavy (non-hydrogen) atoms. The minimum atomic E-state index is -0.536. The van der Waals surface area contributed by atoms with E-state index < -0.39 is 4.92 Å². The van der Waals surface area contributed by atoms with E-state index in [1.54, 1.807) is 18.2 Å². The third kappa shape index (κ3) is 5.94. The molecule has 0 bridgehead atoms. The van der Waals surface area contributed by atoms with Gasteiger partial charge in [0.25, 0.3) is 5.69 Å². The zero-order chi connectivity index (χ0) is 22.9. The fourth-order valence-corrected chi connectivity index (χ4v) is 3.64. The third-order valence-electron chi connectivity index (χ3n) is 4.51. The monoisotopic (exact) mass is 453 g/mol. The van der Waals surface area contributed by atoms with Crippen molar-refractivity contribution in [3.63, 3.8) is 0 Å². The molecule has 0 aliphatic heterocycles. The maximum Gasteiger partial charge on any atom is 0.292 e. The number of benzene rings is 2. The highest BCUT2D eigenvalue weighted by Gasteiger charge is 2.17. The lowest BCUT2D eigenvalue weighted by atomic mass is 10.2. The number of nitrogens with one attached hydrogen (secondary N) is 1. The van der Waals surface area contributed by atoms with Gasteiger partial charge in [0.2, 0.25) is 5.91 Å². The molecule has 0 aliphatic carbocycles. The summed E-state index contributed by atoms with van der Waals surface area (Å²) in [7, 11) is 0. The van der Waals surface area contributed by atoms with Crippen LogP contribution in [0.15, 0.2) is 66.3 Å². The maximum atomic E-state index is 12.3. The number of nitro groups is 1. The molecule has 9 nitrogen and oxygen atoms in total. The van der Waals surface area contributed by atoms with E-state index in [1.165, 1.54) is 29.5 Å². The smallest absolute Gasteiger partial charge is 0.292 e. The fraction of sp³-hybridized carbons (Fsp3) is 0.227. The number of anilines is 1. The Balaban J connectivity index is 1.62. The standard InChI is InChI=1S/C22H23N5O4S/c1-3-13-26-20(14-31-17-11-9-16(4-2)10-12-17)24-25-22(26)32-15-21(28)23-18-7-5-6-8-19(18)27(29)30/h3,5-12H,1,4,13-15H2,2H3,(H,23,28). The quantitative estimate of drug-likeness (QED) is 0.200. The summed E-state index contributed by atoms with van der Waals surface area (Å²) in [6.45, 7) is 6.52. The van der Waals surface area contributed by atoms with Crippen LogP contribution in [0.4, 0.5) is 11.4 Å². The highest BCUT2D eigenvalue weighted by Crippen LogP contribution is 2.24. The summed E-state index contributed by atoms with van der Waals surface area (Å²) < 4.78 is 7.64. The molecule has 10 heteroatoms. The number of rotatable bonds is 11. The number of thioether (sulfide) groups is 1. The highest BCUT2D eigenvalue weighted by atomic mass is 32.2. The molecular formula is C22H23N5O4S. The van der Waals surface area contributed by atoms with Gasteiger partial charge in [0.1, 0.15) is 18.0 Å². The minimum Gasteiger partial charge on any atom is -0.486 e. The van der Waals surface area contributed by atoms with Gasteiger partial charge in [0, 0.05) is 12.6 Å². The van der Waals surface area contributed by atoms with Crippen LogP contribution in [0.1, 0.15) is 18.3 Å². The van der Waals surface area contributed by atoms with Gasteiger partial charge in [-0.05, 0) is 30.2 Å². The number of para-hydroxylation sites is 2. The summed E-state index contributed by atoms with van der Waals surface area (Å²) in [5.74, 6) is 0.964. The van der Waals surface area contributed by atoms with E-state index in [-0.39, 0.29) is 29.6 Å². The Labute approximate surface area is 189 Å². The van der Waals surface area contributed by atoms with E-state index in [0.29, 0.717) is 17.5 Å². The van der Waals surface area contributed by atoms with Gasteiger partial charge in [0.15, 0.2) is 11.0 Å². The van der Waals surface area contributed by atoms with Crippen molar-refractivity contribution in [3.05, 3.63) is 82.7 Å². The second-order valence-corrected chi connectivity index (χ2v) is 7.64. The van der Waals surface area contributed by atoms with Gasteiger partial charge in [-0.25, -0.2) is 0 Å². The molecular weight excluding hydrogens is 430 g/mol. The number of allylic oxidation sites excluding steroid dienone is 1. The predicted molar refractivity (Wildman–Crippen MR) is 123 cm³/mol. The van der Waals surface area contributed by atoms with Crippen molar-refractivity contribution in [1.29, 1.82) is 0 Å². The molecule has 0 spiro atoms. The normalized spacial score (nSPS) is 10.5. The zero-order valence-electron chi connectivity index (χ0n) is 17.6. The summed E-state index contributed by atoms with van der Waals surface area (Å²) in [6.07, 6.45) is 2.67. The summed E-state index contributed by atoms with van der Waals surface area (Å²) in [5.41, 5.74) is 1.22. The first-order valence-corrected chi connectivity index (χ1v) is 10.9. The second kappa shape index (κ2) is 11.1. The van der Waals surface area contributed by atoms with Crippen molar-refractivity contribution in [3.8, 4) is 5.75 Å². The molecule has 0 fully saturated rings. The molecule has 0 radical (unpaired) electrons.